The Morgan fingerprint density at radius 1 is 0.500 bits per heavy atom. The van der Waals surface area contributed by atoms with Crippen molar-refractivity contribution in [2.24, 2.45) is 23.7 Å². The molecule has 0 unspecified atom stereocenters. The van der Waals surface area contributed by atoms with E-state index >= 15 is 0 Å². The van der Waals surface area contributed by atoms with Crippen LogP contribution >= 0.6 is 0 Å². The lowest BCUT2D eigenvalue weighted by Gasteiger charge is -2.28. The molecule has 1 heteroatoms. The average Bonchev–Trinajstić information content (AvgIpc) is 3.00. The summed E-state index contributed by atoms with van der Waals surface area (Å²) in [7, 11) is 0. The largest absolute Gasteiger partial charge is 0.494 e. The molecule has 0 atom stereocenters. The first-order chi connectivity index (χ1) is 19.7. The van der Waals surface area contributed by atoms with Crippen molar-refractivity contribution in [3.8, 4) is 16.9 Å². The Morgan fingerprint density at radius 3 is 1.40 bits per heavy atom. The van der Waals surface area contributed by atoms with Crippen molar-refractivity contribution in [2.45, 2.75) is 142 Å². The fraction of sp³-hybridized carbons (Fsp3) is 0.692. The zero-order valence-corrected chi connectivity index (χ0v) is 26.2. The van der Waals surface area contributed by atoms with E-state index in [-0.39, 0.29) is 0 Å². The number of aryl methyl sites for hydroxylation is 1. The average molecular weight is 545 g/mol. The molecule has 0 saturated heterocycles. The first-order valence-corrected chi connectivity index (χ1v) is 17.6. The number of hydrogen-bond donors (Lipinski definition) is 0. The van der Waals surface area contributed by atoms with Crippen LogP contribution < -0.4 is 4.74 Å². The Balaban J connectivity index is 1.09. The summed E-state index contributed by atoms with van der Waals surface area (Å²) in [4.78, 5) is 0. The maximum atomic E-state index is 6.11. The van der Waals surface area contributed by atoms with Gasteiger partial charge in [-0.25, -0.2) is 0 Å². The van der Waals surface area contributed by atoms with Crippen LogP contribution in [0.15, 0.2) is 48.5 Å². The number of benzene rings is 2. The molecule has 2 aromatic carbocycles. The van der Waals surface area contributed by atoms with Gasteiger partial charge in [-0.05, 0) is 78.2 Å². The molecular weight excluding hydrogens is 484 g/mol. The molecule has 2 saturated carbocycles. The number of rotatable bonds is 17. The third kappa shape index (κ3) is 10.9. The van der Waals surface area contributed by atoms with Gasteiger partial charge in [-0.1, -0.05) is 153 Å². The van der Waals surface area contributed by atoms with Gasteiger partial charge in [0.05, 0.1) is 6.61 Å². The van der Waals surface area contributed by atoms with Gasteiger partial charge < -0.3 is 4.74 Å². The second-order valence-corrected chi connectivity index (χ2v) is 13.5. The lowest BCUT2D eigenvalue weighted by molar-refractivity contribution is 0.228. The molecule has 0 N–H and O–H groups in total. The van der Waals surface area contributed by atoms with Crippen LogP contribution in [0, 0.1) is 23.7 Å². The topological polar surface area (TPSA) is 9.23 Å². The minimum atomic E-state index is 0.852. The Labute approximate surface area is 247 Å². The highest BCUT2D eigenvalue weighted by atomic mass is 16.5. The molecule has 0 spiro atoms. The van der Waals surface area contributed by atoms with Crippen LogP contribution in [-0.2, 0) is 6.42 Å². The van der Waals surface area contributed by atoms with Crippen LogP contribution in [0.5, 0.6) is 5.75 Å². The normalized spacial score (nSPS) is 23.2. The van der Waals surface area contributed by atoms with Gasteiger partial charge in [-0.15, -0.1) is 0 Å². The number of hydrogen-bond acceptors (Lipinski definition) is 1. The fourth-order valence-electron chi connectivity index (χ4n) is 7.52. The van der Waals surface area contributed by atoms with E-state index in [9.17, 15) is 0 Å². The Kier molecular flexibility index (Phi) is 14.0. The SMILES string of the molecule is CCCCC[C@H]1CC[C@H](CCCOc2ccc(-c3ccc(CC[C@H]4CC[C@H](CCCCC)CC4)cc3)cc2)CC1. The summed E-state index contributed by atoms with van der Waals surface area (Å²) in [5.74, 6) is 4.94. The molecule has 0 bridgehead atoms. The molecule has 0 radical (unpaired) electrons. The Hall–Kier alpha value is -1.76. The summed E-state index contributed by atoms with van der Waals surface area (Å²) >= 11 is 0. The van der Waals surface area contributed by atoms with Crippen LogP contribution in [0.25, 0.3) is 11.1 Å². The molecule has 2 aromatic rings. The van der Waals surface area contributed by atoms with Gasteiger partial charge in [0.25, 0.3) is 0 Å². The molecule has 0 heterocycles. The molecule has 0 aliphatic heterocycles. The van der Waals surface area contributed by atoms with Gasteiger partial charge >= 0.3 is 0 Å². The maximum Gasteiger partial charge on any atom is 0.119 e. The van der Waals surface area contributed by atoms with E-state index in [4.69, 9.17) is 4.74 Å². The summed E-state index contributed by atoms with van der Waals surface area (Å²) in [6.45, 7) is 5.48. The van der Waals surface area contributed by atoms with Crippen LogP contribution in [0.2, 0.25) is 0 Å². The first kappa shape index (κ1) is 31.2. The highest BCUT2D eigenvalue weighted by molar-refractivity contribution is 5.64. The van der Waals surface area contributed by atoms with Gasteiger partial charge in [0.15, 0.2) is 0 Å². The highest BCUT2D eigenvalue weighted by Crippen LogP contribution is 2.35. The van der Waals surface area contributed by atoms with Crippen LogP contribution in [0.3, 0.4) is 0 Å². The third-order valence-corrected chi connectivity index (χ3v) is 10.4. The predicted octanol–water partition coefficient (Wildman–Crippen LogP) is 12.2. The van der Waals surface area contributed by atoms with Crippen LogP contribution in [0.4, 0.5) is 0 Å². The lowest BCUT2D eigenvalue weighted by atomic mass is 9.78. The molecule has 4 rings (SSSR count). The van der Waals surface area contributed by atoms with Crippen molar-refractivity contribution in [3.05, 3.63) is 54.1 Å². The zero-order chi connectivity index (χ0) is 27.8. The van der Waals surface area contributed by atoms with Gasteiger partial charge in [-0.3, -0.25) is 0 Å². The van der Waals surface area contributed by atoms with Crippen molar-refractivity contribution in [2.75, 3.05) is 6.61 Å². The second-order valence-electron chi connectivity index (χ2n) is 13.5. The molecule has 2 aliphatic carbocycles. The van der Waals surface area contributed by atoms with E-state index in [0.717, 1.165) is 36.0 Å². The van der Waals surface area contributed by atoms with Crippen molar-refractivity contribution in [1.29, 1.82) is 0 Å². The molecule has 1 nitrogen and oxygen atoms in total. The Morgan fingerprint density at radius 2 is 0.925 bits per heavy atom. The summed E-state index contributed by atoms with van der Waals surface area (Å²) in [6, 6.07) is 18.1. The predicted molar refractivity (Wildman–Crippen MR) is 174 cm³/mol. The minimum Gasteiger partial charge on any atom is -0.494 e. The lowest BCUT2D eigenvalue weighted by Crippen LogP contribution is -2.15. The smallest absolute Gasteiger partial charge is 0.119 e. The van der Waals surface area contributed by atoms with Gasteiger partial charge in [0.2, 0.25) is 0 Å². The molecule has 222 valence electrons. The molecule has 0 amide bonds. The summed E-state index contributed by atoms with van der Waals surface area (Å²) < 4.78 is 6.11. The molecule has 0 aromatic heterocycles. The van der Waals surface area contributed by atoms with Crippen molar-refractivity contribution >= 4 is 0 Å². The highest BCUT2D eigenvalue weighted by Gasteiger charge is 2.21. The maximum absolute atomic E-state index is 6.11. The van der Waals surface area contributed by atoms with Crippen LogP contribution in [0.1, 0.15) is 141 Å². The van der Waals surface area contributed by atoms with Crippen molar-refractivity contribution < 1.29 is 4.74 Å². The molecule has 2 fully saturated rings. The fourth-order valence-corrected chi connectivity index (χ4v) is 7.52. The van der Waals surface area contributed by atoms with E-state index < -0.39 is 0 Å². The minimum absolute atomic E-state index is 0.852. The monoisotopic (exact) mass is 544 g/mol. The van der Waals surface area contributed by atoms with Crippen molar-refractivity contribution in [3.63, 3.8) is 0 Å². The molecule has 2 aliphatic rings. The third-order valence-electron chi connectivity index (χ3n) is 10.4. The van der Waals surface area contributed by atoms with Crippen LogP contribution in [-0.4, -0.2) is 6.61 Å². The van der Waals surface area contributed by atoms with E-state index in [1.54, 1.807) is 0 Å². The molecule has 40 heavy (non-hydrogen) atoms. The standard InChI is InChI=1S/C39H60O/c1-3-5-7-10-32-13-15-34(16-14-32)12-9-31-40-39-29-27-38(28-30-39)37-25-23-36(24-26-37)22-21-35-19-17-33(18-20-35)11-8-6-4-2/h23-30,32-35H,3-22,31H2,1-2H3/t32-,33-,34-,35-. The van der Waals surface area contributed by atoms with Gasteiger partial charge in [-0.2, -0.15) is 0 Å². The van der Waals surface area contributed by atoms with E-state index in [1.807, 2.05) is 0 Å². The van der Waals surface area contributed by atoms with E-state index in [0.29, 0.717) is 0 Å². The summed E-state index contributed by atoms with van der Waals surface area (Å²) in [5, 5.41) is 0. The van der Waals surface area contributed by atoms with Gasteiger partial charge in [0, 0.05) is 0 Å². The number of unbranched alkanes of at least 4 members (excludes halogenated alkanes) is 4. The Bertz CT molecular complexity index is 897. The second kappa shape index (κ2) is 17.9. The summed E-state index contributed by atoms with van der Waals surface area (Å²) in [6.07, 6.45) is 28.3. The zero-order valence-electron chi connectivity index (χ0n) is 26.2. The number of ether oxygens (including phenoxy) is 1. The quantitative estimate of drug-likeness (QED) is 0.180. The molecular formula is C39H60O. The van der Waals surface area contributed by atoms with Gasteiger partial charge in [0.1, 0.15) is 5.75 Å². The van der Waals surface area contributed by atoms with E-state index in [1.165, 1.54) is 145 Å². The summed E-state index contributed by atoms with van der Waals surface area (Å²) in [5.41, 5.74) is 4.10. The first-order valence-electron chi connectivity index (χ1n) is 17.6. The van der Waals surface area contributed by atoms with Crippen molar-refractivity contribution in [1.82, 2.24) is 0 Å². The van der Waals surface area contributed by atoms with E-state index in [2.05, 4.69) is 62.4 Å².